The van der Waals surface area contributed by atoms with Crippen LogP contribution in [0, 0.1) is 5.41 Å². The van der Waals surface area contributed by atoms with E-state index in [1.807, 2.05) is 6.08 Å². The summed E-state index contributed by atoms with van der Waals surface area (Å²) in [5.41, 5.74) is 2.52. The highest BCUT2D eigenvalue weighted by atomic mass is 16.3. The van der Waals surface area contributed by atoms with Crippen LogP contribution < -0.4 is 0 Å². The SMILES string of the molecule is C/C1=C/CC/C(C)=C/[C@@H](O)C(C)(C)/C=C/C1. The van der Waals surface area contributed by atoms with E-state index in [-0.39, 0.29) is 11.5 Å². The largest absolute Gasteiger partial charge is 0.388 e. The Morgan fingerprint density at radius 3 is 2.62 bits per heavy atom. The molecule has 0 spiro atoms. The van der Waals surface area contributed by atoms with Gasteiger partial charge < -0.3 is 5.11 Å². The highest BCUT2D eigenvalue weighted by Gasteiger charge is 2.22. The van der Waals surface area contributed by atoms with E-state index in [9.17, 15) is 5.11 Å². The van der Waals surface area contributed by atoms with E-state index in [0.717, 1.165) is 19.3 Å². The molecule has 1 atom stereocenters. The Bertz CT molecular complexity index is 318. The number of rotatable bonds is 0. The van der Waals surface area contributed by atoms with Gasteiger partial charge in [-0.25, -0.2) is 0 Å². The van der Waals surface area contributed by atoms with Crippen molar-refractivity contribution < 1.29 is 5.11 Å². The number of aliphatic hydroxyl groups excluding tert-OH is 1. The number of hydrogen-bond donors (Lipinski definition) is 1. The van der Waals surface area contributed by atoms with Gasteiger partial charge in [-0.05, 0) is 33.1 Å². The van der Waals surface area contributed by atoms with E-state index in [0.29, 0.717) is 0 Å². The Hall–Kier alpha value is -0.820. The van der Waals surface area contributed by atoms with Crippen molar-refractivity contribution in [3.63, 3.8) is 0 Å². The molecule has 0 radical (unpaired) electrons. The number of allylic oxidation sites excluding steroid dienone is 4. The molecule has 0 bridgehead atoms. The molecule has 0 heterocycles. The maximum absolute atomic E-state index is 10.1. The number of aliphatic hydroxyl groups is 1. The summed E-state index contributed by atoms with van der Waals surface area (Å²) >= 11 is 0. The average molecular weight is 220 g/mol. The minimum atomic E-state index is -0.387. The third-order valence-electron chi connectivity index (χ3n) is 3.22. The zero-order chi connectivity index (χ0) is 12.2. The summed E-state index contributed by atoms with van der Waals surface area (Å²) in [6.45, 7) is 8.43. The first-order chi connectivity index (χ1) is 7.42. The van der Waals surface area contributed by atoms with Gasteiger partial charge in [-0.15, -0.1) is 0 Å². The first-order valence-corrected chi connectivity index (χ1v) is 6.10. The van der Waals surface area contributed by atoms with Crippen LogP contribution in [-0.4, -0.2) is 11.2 Å². The highest BCUT2D eigenvalue weighted by molar-refractivity contribution is 5.15. The Labute approximate surface area is 99.6 Å². The zero-order valence-corrected chi connectivity index (χ0v) is 11.0. The fourth-order valence-corrected chi connectivity index (χ4v) is 1.84. The molecule has 1 heteroatoms. The Morgan fingerprint density at radius 2 is 1.94 bits per heavy atom. The normalized spacial score (nSPS) is 35.2. The van der Waals surface area contributed by atoms with Gasteiger partial charge >= 0.3 is 0 Å². The second-order valence-corrected chi connectivity index (χ2v) is 5.47. The molecule has 1 aliphatic rings. The van der Waals surface area contributed by atoms with E-state index in [1.54, 1.807) is 0 Å². The second-order valence-electron chi connectivity index (χ2n) is 5.47. The summed E-state index contributed by atoms with van der Waals surface area (Å²) < 4.78 is 0. The van der Waals surface area contributed by atoms with Crippen molar-refractivity contribution in [2.24, 2.45) is 5.41 Å². The lowest BCUT2D eigenvalue weighted by molar-refractivity contribution is 0.125. The molecule has 0 aromatic rings. The molecule has 0 saturated heterocycles. The molecule has 0 fully saturated rings. The minimum Gasteiger partial charge on any atom is -0.388 e. The van der Waals surface area contributed by atoms with Crippen LogP contribution in [0.4, 0.5) is 0 Å². The molecular weight excluding hydrogens is 196 g/mol. The molecule has 0 aromatic carbocycles. The van der Waals surface area contributed by atoms with Crippen molar-refractivity contribution >= 4 is 0 Å². The summed E-state index contributed by atoms with van der Waals surface area (Å²) in [6.07, 6.45) is 11.3. The second kappa shape index (κ2) is 5.49. The van der Waals surface area contributed by atoms with E-state index in [1.165, 1.54) is 11.1 Å². The minimum absolute atomic E-state index is 0.175. The fourth-order valence-electron chi connectivity index (χ4n) is 1.84. The standard InChI is InChI=1S/C15H24O/c1-12-7-5-8-13(2)11-14(16)15(3,4)10-6-9-12/h6-7,10-11,14,16H,5,8-9H2,1-4H3/b10-6+,12-7-,13-11+/t14-/m1/s1. The maximum atomic E-state index is 10.1. The van der Waals surface area contributed by atoms with Gasteiger partial charge in [0, 0.05) is 5.41 Å². The molecule has 0 amide bonds. The van der Waals surface area contributed by atoms with Crippen molar-refractivity contribution in [2.45, 2.75) is 53.1 Å². The maximum Gasteiger partial charge on any atom is 0.0808 e. The summed E-state index contributed by atoms with van der Waals surface area (Å²) in [6, 6.07) is 0. The van der Waals surface area contributed by atoms with Crippen LogP contribution in [0.25, 0.3) is 0 Å². The lowest BCUT2D eigenvalue weighted by Crippen LogP contribution is -2.25. The Kier molecular flexibility index (Phi) is 4.55. The van der Waals surface area contributed by atoms with Crippen LogP contribution in [0.5, 0.6) is 0 Å². The lowest BCUT2D eigenvalue weighted by Gasteiger charge is -2.25. The van der Waals surface area contributed by atoms with Crippen molar-refractivity contribution in [3.8, 4) is 0 Å². The molecule has 90 valence electrons. The molecule has 1 N–H and O–H groups in total. The van der Waals surface area contributed by atoms with E-state index >= 15 is 0 Å². The van der Waals surface area contributed by atoms with E-state index in [4.69, 9.17) is 0 Å². The molecule has 1 rings (SSSR count). The summed E-state index contributed by atoms with van der Waals surface area (Å²) in [4.78, 5) is 0. The Morgan fingerprint density at radius 1 is 1.25 bits per heavy atom. The molecular formula is C15H24O. The monoisotopic (exact) mass is 220 g/mol. The van der Waals surface area contributed by atoms with Crippen LogP contribution in [-0.2, 0) is 0 Å². The first-order valence-electron chi connectivity index (χ1n) is 6.10. The van der Waals surface area contributed by atoms with Crippen molar-refractivity contribution in [2.75, 3.05) is 0 Å². The van der Waals surface area contributed by atoms with E-state index < -0.39 is 0 Å². The van der Waals surface area contributed by atoms with Gasteiger partial charge in [0.2, 0.25) is 0 Å². The van der Waals surface area contributed by atoms with Gasteiger partial charge in [0.15, 0.2) is 0 Å². The third kappa shape index (κ3) is 3.97. The average Bonchev–Trinajstić information content (AvgIpc) is 2.17. The zero-order valence-electron chi connectivity index (χ0n) is 11.0. The van der Waals surface area contributed by atoms with Gasteiger partial charge in [-0.1, -0.05) is 49.3 Å². The highest BCUT2D eigenvalue weighted by Crippen LogP contribution is 2.26. The van der Waals surface area contributed by atoms with Crippen LogP contribution in [0.2, 0.25) is 0 Å². The summed E-state index contributed by atoms with van der Waals surface area (Å²) in [7, 11) is 0. The summed E-state index contributed by atoms with van der Waals surface area (Å²) in [5.74, 6) is 0. The van der Waals surface area contributed by atoms with Crippen LogP contribution in [0.15, 0.2) is 35.5 Å². The number of hydrogen-bond acceptors (Lipinski definition) is 1. The van der Waals surface area contributed by atoms with Gasteiger partial charge in [0.1, 0.15) is 0 Å². The predicted molar refractivity (Wildman–Crippen MR) is 70.3 cm³/mol. The van der Waals surface area contributed by atoms with Crippen LogP contribution >= 0.6 is 0 Å². The molecule has 1 aliphatic carbocycles. The summed E-state index contributed by atoms with van der Waals surface area (Å²) in [5, 5.41) is 10.1. The smallest absolute Gasteiger partial charge is 0.0808 e. The lowest BCUT2D eigenvalue weighted by atomic mass is 9.84. The topological polar surface area (TPSA) is 20.2 Å². The van der Waals surface area contributed by atoms with Gasteiger partial charge in [-0.2, -0.15) is 0 Å². The quantitative estimate of drug-likeness (QED) is 0.612. The first kappa shape index (κ1) is 13.2. The molecule has 16 heavy (non-hydrogen) atoms. The van der Waals surface area contributed by atoms with Crippen molar-refractivity contribution in [1.82, 2.24) is 0 Å². The van der Waals surface area contributed by atoms with Crippen LogP contribution in [0.1, 0.15) is 47.0 Å². The molecule has 0 aliphatic heterocycles. The third-order valence-corrected chi connectivity index (χ3v) is 3.22. The van der Waals surface area contributed by atoms with Gasteiger partial charge in [-0.3, -0.25) is 0 Å². The van der Waals surface area contributed by atoms with E-state index in [2.05, 4.69) is 45.9 Å². The van der Waals surface area contributed by atoms with Crippen molar-refractivity contribution in [1.29, 1.82) is 0 Å². The molecule has 0 saturated carbocycles. The Balaban J connectivity index is 2.92. The molecule has 1 nitrogen and oxygen atoms in total. The predicted octanol–water partition coefficient (Wildman–Crippen LogP) is 4.01. The van der Waals surface area contributed by atoms with Crippen molar-refractivity contribution in [3.05, 3.63) is 35.5 Å². The van der Waals surface area contributed by atoms with Gasteiger partial charge in [0.05, 0.1) is 6.10 Å². The van der Waals surface area contributed by atoms with Gasteiger partial charge in [0.25, 0.3) is 0 Å². The molecule has 0 unspecified atom stereocenters. The van der Waals surface area contributed by atoms with Crippen LogP contribution in [0.3, 0.4) is 0 Å². The molecule has 0 aromatic heterocycles. The fraction of sp³-hybridized carbons (Fsp3) is 0.600.